The fraction of sp³-hybridized carbons (Fsp3) is 0.312. The summed E-state index contributed by atoms with van der Waals surface area (Å²) in [7, 11) is 0. The maximum Gasteiger partial charge on any atom is 0.513 e. The Kier molecular flexibility index (Phi) is 9.32. The van der Waals surface area contributed by atoms with Crippen LogP contribution in [-0.4, -0.2) is 39.8 Å². The van der Waals surface area contributed by atoms with Crippen LogP contribution in [0.1, 0.15) is 79.2 Å². The summed E-state index contributed by atoms with van der Waals surface area (Å²) in [5.41, 5.74) is 3.41. The molecule has 8 heteroatoms. The number of unbranched alkanes of at least 4 members (excludes halogenated alkanes) is 2. The Hall–Kier alpha value is -4.46. The molecule has 4 rings (SSSR count). The van der Waals surface area contributed by atoms with Crippen molar-refractivity contribution in [2.45, 2.75) is 59.4 Å². The first-order valence-corrected chi connectivity index (χ1v) is 13.7. The third kappa shape index (κ3) is 6.06. The van der Waals surface area contributed by atoms with E-state index in [2.05, 4.69) is 9.72 Å². The molecule has 1 heterocycles. The quantitative estimate of drug-likeness (QED) is 0.0376. The van der Waals surface area contributed by atoms with Crippen LogP contribution >= 0.6 is 0 Å². The zero-order chi connectivity index (χ0) is 28.6. The molecule has 0 atom stereocenters. The predicted octanol–water partition coefficient (Wildman–Crippen LogP) is 7.56. The lowest BCUT2D eigenvalue weighted by Crippen LogP contribution is -2.14. The lowest BCUT2D eigenvalue weighted by Gasteiger charge is -2.07. The number of ketones is 2. The van der Waals surface area contributed by atoms with Crippen molar-refractivity contribution in [3.05, 3.63) is 77.4 Å². The molecule has 0 saturated carbocycles. The molecule has 0 unspecified atom stereocenters. The van der Waals surface area contributed by atoms with Gasteiger partial charge in [0, 0.05) is 45.0 Å². The van der Waals surface area contributed by atoms with Gasteiger partial charge in [0.25, 0.3) is 0 Å². The average molecular weight is 543 g/mol. The Morgan fingerprint density at radius 3 is 2.00 bits per heavy atom. The standard InChI is InChI=1S/C32H34N2O6/c1-4-7-9-27(33-38)31(36)23-13-17-29-26(20-23)25-19-22(12-16-28(25)34(29)6-3)30(35)21-10-14-24(15-11-21)40-32(37)39-18-8-5-2/h10-17,19-20,38H,4-9,18H2,1-3H3/b33-27+. The molecule has 0 radical (unpaired) electrons. The molecule has 1 N–H and O–H groups in total. The molecule has 0 saturated heterocycles. The van der Waals surface area contributed by atoms with E-state index in [0.717, 1.165) is 47.5 Å². The van der Waals surface area contributed by atoms with Crippen LogP contribution in [0.5, 0.6) is 5.75 Å². The number of aryl methyl sites for hydroxylation is 1. The smallest absolute Gasteiger partial charge is 0.434 e. The highest BCUT2D eigenvalue weighted by atomic mass is 16.7. The fourth-order valence-corrected chi connectivity index (χ4v) is 4.71. The van der Waals surface area contributed by atoms with E-state index in [-0.39, 0.29) is 17.3 Å². The van der Waals surface area contributed by atoms with Crippen molar-refractivity contribution < 1.29 is 29.1 Å². The van der Waals surface area contributed by atoms with Gasteiger partial charge in [0.05, 0.1) is 6.61 Å². The highest BCUT2D eigenvalue weighted by molar-refractivity contribution is 6.46. The summed E-state index contributed by atoms with van der Waals surface area (Å²) >= 11 is 0. The first-order chi connectivity index (χ1) is 19.4. The van der Waals surface area contributed by atoms with E-state index in [1.54, 1.807) is 36.4 Å². The predicted molar refractivity (Wildman–Crippen MR) is 155 cm³/mol. The second-order valence-electron chi connectivity index (χ2n) is 9.60. The van der Waals surface area contributed by atoms with E-state index in [1.165, 1.54) is 0 Å². The molecule has 4 aromatic rings. The minimum atomic E-state index is -0.772. The van der Waals surface area contributed by atoms with Crippen molar-refractivity contribution in [3.63, 3.8) is 0 Å². The number of Topliss-reactive ketones (excluding diaryl/α,β-unsaturated/α-hetero) is 1. The number of hydrogen-bond acceptors (Lipinski definition) is 7. The number of nitrogens with zero attached hydrogens (tertiary/aromatic N) is 2. The van der Waals surface area contributed by atoms with Crippen LogP contribution < -0.4 is 4.74 Å². The van der Waals surface area contributed by atoms with Crippen molar-refractivity contribution in [1.29, 1.82) is 0 Å². The molecule has 1 aromatic heterocycles. The molecule has 0 aliphatic rings. The Balaban J connectivity index is 1.64. The van der Waals surface area contributed by atoms with Gasteiger partial charge in [-0.05, 0) is 86.8 Å². The van der Waals surface area contributed by atoms with E-state index in [1.807, 2.05) is 45.0 Å². The Morgan fingerprint density at radius 2 is 1.40 bits per heavy atom. The summed E-state index contributed by atoms with van der Waals surface area (Å²) in [6, 6.07) is 17.4. The molecule has 0 aliphatic heterocycles. The van der Waals surface area contributed by atoms with Gasteiger partial charge < -0.3 is 19.2 Å². The number of hydrogen-bond donors (Lipinski definition) is 1. The molecule has 3 aromatic carbocycles. The highest BCUT2D eigenvalue weighted by Gasteiger charge is 2.19. The topological polar surface area (TPSA) is 107 Å². The number of benzene rings is 3. The molecule has 0 fully saturated rings. The number of carbonyl (C=O) groups is 3. The monoisotopic (exact) mass is 542 g/mol. The minimum absolute atomic E-state index is 0.137. The van der Waals surface area contributed by atoms with Gasteiger partial charge >= 0.3 is 6.16 Å². The van der Waals surface area contributed by atoms with Crippen molar-refractivity contribution in [2.24, 2.45) is 5.16 Å². The molecule has 208 valence electrons. The van der Waals surface area contributed by atoms with Gasteiger partial charge in [-0.1, -0.05) is 31.8 Å². The Bertz CT molecular complexity index is 1570. The molecular formula is C32H34N2O6. The normalized spacial score (nSPS) is 11.6. The van der Waals surface area contributed by atoms with Gasteiger partial charge in [-0.2, -0.15) is 0 Å². The van der Waals surface area contributed by atoms with E-state index in [9.17, 15) is 19.6 Å². The van der Waals surface area contributed by atoms with Gasteiger partial charge in [0.15, 0.2) is 5.78 Å². The van der Waals surface area contributed by atoms with Crippen molar-refractivity contribution in [2.75, 3.05) is 6.61 Å². The maximum absolute atomic E-state index is 13.4. The van der Waals surface area contributed by atoms with Crippen LogP contribution in [0.3, 0.4) is 0 Å². The molecule has 0 spiro atoms. The molecule has 40 heavy (non-hydrogen) atoms. The number of rotatable bonds is 12. The van der Waals surface area contributed by atoms with E-state index < -0.39 is 6.16 Å². The van der Waals surface area contributed by atoms with Crippen molar-refractivity contribution in [3.8, 4) is 5.75 Å². The Morgan fingerprint density at radius 1 is 0.800 bits per heavy atom. The summed E-state index contributed by atoms with van der Waals surface area (Å²) in [5.74, 6) is -0.196. The molecular weight excluding hydrogens is 508 g/mol. The summed E-state index contributed by atoms with van der Waals surface area (Å²) in [5, 5.41) is 14.4. The maximum atomic E-state index is 13.4. The van der Waals surface area contributed by atoms with Gasteiger partial charge in [-0.25, -0.2) is 4.79 Å². The first-order valence-electron chi connectivity index (χ1n) is 13.7. The lowest BCUT2D eigenvalue weighted by atomic mass is 9.99. The average Bonchev–Trinajstić information content (AvgIpc) is 3.29. The van der Waals surface area contributed by atoms with Crippen LogP contribution in [0.4, 0.5) is 4.79 Å². The second kappa shape index (κ2) is 13.1. The lowest BCUT2D eigenvalue weighted by molar-refractivity contribution is 0.0977. The van der Waals surface area contributed by atoms with Gasteiger partial charge in [-0.15, -0.1) is 0 Å². The molecule has 0 aliphatic carbocycles. The van der Waals surface area contributed by atoms with Crippen LogP contribution in [0.25, 0.3) is 21.8 Å². The minimum Gasteiger partial charge on any atom is -0.434 e. The van der Waals surface area contributed by atoms with Crippen LogP contribution in [0, 0.1) is 0 Å². The number of fused-ring (bicyclic) bond motifs is 3. The number of aromatic nitrogens is 1. The summed E-state index contributed by atoms with van der Waals surface area (Å²) in [6.07, 6.45) is 2.94. The summed E-state index contributed by atoms with van der Waals surface area (Å²) < 4.78 is 12.3. The third-order valence-electron chi connectivity index (χ3n) is 6.89. The Labute approximate surface area is 233 Å². The van der Waals surface area contributed by atoms with E-state index >= 15 is 0 Å². The number of carbonyl (C=O) groups excluding carboxylic acids is 3. The van der Waals surface area contributed by atoms with Gasteiger partial charge in [-0.3, -0.25) is 9.59 Å². The van der Waals surface area contributed by atoms with Gasteiger partial charge in [0.2, 0.25) is 5.78 Å². The highest BCUT2D eigenvalue weighted by Crippen LogP contribution is 2.32. The van der Waals surface area contributed by atoms with Crippen molar-refractivity contribution >= 4 is 45.2 Å². The SMILES string of the molecule is CCCCOC(=O)Oc1ccc(C(=O)c2ccc3c(c2)c2cc(C(=O)/C(CCCC)=N/O)ccc2n3CC)cc1. The van der Waals surface area contributed by atoms with Crippen molar-refractivity contribution in [1.82, 2.24) is 4.57 Å². The van der Waals surface area contributed by atoms with Crippen LogP contribution in [-0.2, 0) is 11.3 Å². The first kappa shape index (κ1) is 28.5. The van der Waals surface area contributed by atoms with Gasteiger partial charge in [0.1, 0.15) is 11.5 Å². The second-order valence-corrected chi connectivity index (χ2v) is 9.60. The number of ether oxygens (including phenoxy) is 2. The molecule has 0 amide bonds. The third-order valence-corrected chi connectivity index (χ3v) is 6.89. The zero-order valence-electron chi connectivity index (χ0n) is 23.1. The van der Waals surface area contributed by atoms with E-state index in [4.69, 9.17) is 9.47 Å². The largest absolute Gasteiger partial charge is 0.513 e. The van der Waals surface area contributed by atoms with Crippen LogP contribution in [0.2, 0.25) is 0 Å². The molecule has 8 nitrogen and oxygen atoms in total. The van der Waals surface area contributed by atoms with Crippen LogP contribution in [0.15, 0.2) is 65.8 Å². The number of oxime groups is 1. The summed E-state index contributed by atoms with van der Waals surface area (Å²) in [4.78, 5) is 38.2. The summed E-state index contributed by atoms with van der Waals surface area (Å²) in [6.45, 7) is 7.07. The zero-order valence-corrected chi connectivity index (χ0v) is 23.1. The van der Waals surface area contributed by atoms with E-state index in [0.29, 0.717) is 42.0 Å². The molecule has 0 bridgehead atoms. The fourth-order valence-electron chi connectivity index (χ4n) is 4.71.